The fourth-order valence-corrected chi connectivity index (χ4v) is 2.18. The van der Waals surface area contributed by atoms with E-state index in [0.29, 0.717) is 32.5 Å². The maximum Gasteiger partial charge on any atom is 0.224 e. The van der Waals surface area contributed by atoms with Crippen LogP contribution >= 0.6 is 39.1 Å². The summed E-state index contributed by atoms with van der Waals surface area (Å²) in [6.07, 6.45) is 1.55. The predicted molar refractivity (Wildman–Crippen MR) is 82.6 cm³/mol. The number of aromatic nitrogens is 2. The van der Waals surface area contributed by atoms with Crippen molar-refractivity contribution in [2.24, 2.45) is 0 Å². The van der Waals surface area contributed by atoms with E-state index in [9.17, 15) is 0 Å². The Balaban J connectivity index is 2.42. The van der Waals surface area contributed by atoms with E-state index in [0.717, 1.165) is 0 Å². The lowest BCUT2D eigenvalue weighted by Crippen LogP contribution is -1.99. The number of benzene rings is 1. The fraction of sp³-hybridized carbons (Fsp3) is 0.167. The Bertz CT molecular complexity index is 640. The monoisotopic (exact) mass is 377 g/mol. The van der Waals surface area contributed by atoms with Crippen molar-refractivity contribution in [1.29, 1.82) is 0 Å². The first-order chi connectivity index (χ1) is 9.55. The van der Waals surface area contributed by atoms with Crippen molar-refractivity contribution in [3.8, 4) is 11.5 Å². The second kappa shape index (κ2) is 6.47. The first-order valence-electron chi connectivity index (χ1n) is 5.41. The highest BCUT2D eigenvalue weighted by Crippen LogP contribution is 2.38. The Labute approximate surface area is 134 Å². The van der Waals surface area contributed by atoms with E-state index in [1.165, 1.54) is 7.11 Å². The molecule has 0 aliphatic carbocycles. The average Bonchev–Trinajstić information content (AvgIpc) is 2.43. The number of methoxy groups -OCH3 is 2. The van der Waals surface area contributed by atoms with Crippen LogP contribution in [0.15, 0.2) is 22.8 Å². The minimum Gasteiger partial charge on any atom is -0.495 e. The van der Waals surface area contributed by atoms with Gasteiger partial charge in [0.2, 0.25) is 5.28 Å². The fourth-order valence-electron chi connectivity index (χ4n) is 1.52. The van der Waals surface area contributed by atoms with E-state index in [2.05, 4.69) is 31.2 Å². The largest absolute Gasteiger partial charge is 0.495 e. The number of hydrogen-bond acceptors (Lipinski definition) is 5. The van der Waals surface area contributed by atoms with Crippen molar-refractivity contribution in [3.63, 3.8) is 0 Å². The summed E-state index contributed by atoms with van der Waals surface area (Å²) in [6.45, 7) is 0. The lowest BCUT2D eigenvalue weighted by Gasteiger charge is -2.14. The molecule has 20 heavy (non-hydrogen) atoms. The summed E-state index contributed by atoms with van der Waals surface area (Å²) < 4.78 is 11.1. The molecule has 106 valence electrons. The Hall–Kier alpha value is -1.24. The third kappa shape index (κ3) is 3.26. The van der Waals surface area contributed by atoms with Gasteiger partial charge in [0.15, 0.2) is 0 Å². The molecule has 1 aromatic heterocycles. The molecule has 1 aromatic carbocycles. The number of ether oxygens (including phenoxy) is 2. The quantitative estimate of drug-likeness (QED) is 0.803. The van der Waals surface area contributed by atoms with Gasteiger partial charge in [0.05, 0.1) is 29.4 Å². The maximum atomic E-state index is 6.10. The Morgan fingerprint density at radius 2 is 1.85 bits per heavy atom. The van der Waals surface area contributed by atoms with Gasteiger partial charge in [-0.1, -0.05) is 11.6 Å². The Morgan fingerprint density at radius 3 is 2.50 bits per heavy atom. The molecule has 0 aliphatic rings. The zero-order valence-electron chi connectivity index (χ0n) is 10.6. The minimum absolute atomic E-state index is 0.134. The van der Waals surface area contributed by atoms with Gasteiger partial charge in [-0.15, -0.1) is 0 Å². The van der Waals surface area contributed by atoms with E-state index < -0.39 is 0 Å². The van der Waals surface area contributed by atoms with Gasteiger partial charge in [0, 0.05) is 12.3 Å². The highest BCUT2D eigenvalue weighted by atomic mass is 79.9. The van der Waals surface area contributed by atoms with Gasteiger partial charge in [-0.2, -0.15) is 4.98 Å². The van der Waals surface area contributed by atoms with Crippen LogP contribution in [0.5, 0.6) is 11.5 Å². The van der Waals surface area contributed by atoms with Crippen molar-refractivity contribution < 1.29 is 9.47 Å². The lowest BCUT2D eigenvalue weighted by molar-refractivity contribution is 0.396. The van der Waals surface area contributed by atoms with Crippen LogP contribution in [-0.2, 0) is 0 Å². The SMILES string of the molecule is COc1cc(OC)c(Nc2nc(Cl)ncc2Br)cc1Cl. The van der Waals surface area contributed by atoms with Crippen LogP contribution in [0.4, 0.5) is 11.5 Å². The van der Waals surface area contributed by atoms with Crippen LogP contribution in [-0.4, -0.2) is 24.2 Å². The molecule has 0 fully saturated rings. The molecule has 0 saturated carbocycles. The van der Waals surface area contributed by atoms with Crippen LogP contribution in [0.3, 0.4) is 0 Å². The molecule has 0 bridgehead atoms. The topological polar surface area (TPSA) is 56.3 Å². The molecule has 0 aliphatic heterocycles. The van der Waals surface area contributed by atoms with Gasteiger partial charge in [0.1, 0.15) is 17.3 Å². The normalized spacial score (nSPS) is 10.2. The van der Waals surface area contributed by atoms with Gasteiger partial charge in [-0.25, -0.2) is 4.98 Å². The molecule has 1 heterocycles. The molecular weight excluding hydrogens is 369 g/mol. The van der Waals surface area contributed by atoms with Crippen molar-refractivity contribution in [1.82, 2.24) is 9.97 Å². The van der Waals surface area contributed by atoms with Crippen LogP contribution in [0.1, 0.15) is 0 Å². The van der Waals surface area contributed by atoms with Gasteiger partial charge in [-0.05, 0) is 33.6 Å². The number of nitrogens with zero attached hydrogens (tertiary/aromatic N) is 2. The van der Waals surface area contributed by atoms with Gasteiger partial charge in [0.25, 0.3) is 0 Å². The van der Waals surface area contributed by atoms with Crippen molar-refractivity contribution >= 4 is 50.6 Å². The lowest BCUT2D eigenvalue weighted by atomic mass is 10.2. The van der Waals surface area contributed by atoms with E-state index in [1.807, 2.05) is 0 Å². The van der Waals surface area contributed by atoms with Crippen LogP contribution in [0.2, 0.25) is 10.3 Å². The van der Waals surface area contributed by atoms with Gasteiger partial charge >= 0.3 is 0 Å². The zero-order chi connectivity index (χ0) is 14.7. The molecular formula is C12H10BrCl2N3O2. The zero-order valence-corrected chi connectivity index (χ0v) is 13.7. The summed E-state index contributed by atoms with van der Waals surface area (Å²) >= 11 is 15.2. The molecule has 0 unspecified atom stereocenters. The van der Waals surface area contributed by atoms with Gasteiger partial charge < -0.3 is 14.8 Å². The van der Waals surface area contributed by atoms with Gasteiger partial charge in [-0.3, -0.25) is 0 Å². The molecule has 0 spiro atoms. The maximum absolute atomic E-state index is 6.10. The molecule has 1 N–H and O–H groups in total. The van der Waals surface area contributed by atoms with E-state index in [4.69, 9.17) is 32.7 Å². The summed E-state index contributed by atoms with van der Waals surface area (Å²) in [5, 5.41) is 3.66. The molecule has 0 radical (unpaired) electrons. The number of rotatable bonds is 4. The van der Waals surface area contributed by atoms with E-state index in [1.54, 1.807) is 25.4 Å². The first-order valence-corrected chi connectivity index (χ1v) is 6.96. The number of anilines is 2. The number of halogens is 3. The smallest absolute Gasteiger partial charge is 0.224 e. The van der Waals surface area contributed by atoms with Crippen LogP contribution in [0, 0.1) is 0 Å². The molecule has 0 amide bonds. The number of hydrogen-bond donors (Lipinski definition) is 1. The summed E-state index contributed by atoms with van der Waals surface area (Å²) in [5.74, 6) is 1.59. The van der Waals surface area contributed by atoms with Crippen LogP contribution in [0.25, 0.3) is 0 Å². The first kappa shape index (κ1) is 15.2. The summed E-state index contributed by atoms with van der Waals surface area (Å²) in [7, 11) is 3.09. The Morgan fingerprint density at radius 1 is 1.15 bits per heavy atom. The summed E-state index contributed by atoms with van der Waals surface area (Å²) in [6, 6.07) is 3.36. The van der Waals surface area contributed by atoms with E-state index >= 15 is 0 Å². The molecule has 8 heteroatoms. The Kier molecular flexibility index (Phi) is 4.91. The standard InChI is InChI=1S/C12H10BrCl2N3O2/c1-19-9-4-10(20-2)8(3-7(9)14)17-11-6(13)5-16-12(15)18-11/h3-5H,1-2H3,(H,16,17,18). The summed E-state index contributed by atoms with van der Waals surface area (Å²) in [4.78, 5) is 7.94. The minimum atomic E-state index is 0.134. The predicted octanol–water partition coefficient (Wildman–Crippen LogP) is 4.31. The highest BCUT2D eigenvalue weighted by molar-refractivity contribution is 9.10. The van der Waals surface area contributed by atoms with Crippen LogP contribution < -0.4 is 14.8 Å². The average molecular weight is 379 g/mol. The third-order valence-corrected chi connectivity index (χ3v) is 3.50. The molecule has 0 saturated heterocycles. The third-order valence-electron chi connectivity index (χ3n) is 2.44. The van der Waals surface area contributed by atoms with E-state index in [-0.39, 0.29) is 5.28 Å². The highest BCUT2D eigenvalue weighted by Gasteiger charge is 2.12. The number of nitrogens with one attached hydrogen (secondary N) is 1. The second-order valence-corrected chi connectivity index (χ2v) is 5.25. The van der Waals surface area contributed by atoms with Crippen molar-refractivity contribution in [2.45, 2.75) is 0 Å². The second-order valence-electron chi connectivity index (χ2n) is 3.65. The molecule has 2 aromatic rings. The molecule has 2 rings (SSSR count). The van der Waals surface area contributed by atoms with Crippen molar-refractivity contribution in [2.75, 3.05) is 19.5 Å². The summed E-state index contributed by atoms with van der Waals surface area (Å²) in [5.41, 5.74) is 0.633. The van der Waals surface area contributed by atoms with Crippen molar-refractivity contribution in [3.05, 3.63) is 33.1 Å². The molecule has 5 nitrogen and oxygen atoms in total. The molecule has 0 atom stereocenters.